The zero-order valence-corrected chi connectivity index (χ0v) is 18.1. The molecule has 0 aliphatic heterocycles. The molecule has 8 heteroatoms. The number of ether oxygens (including phenoxy) is 1. The lowest BCUT2D eigenvalue weighted by Gasteiger charge is -2.15. The minimum Gasteiger partial charge on any atom is -0.483 e. The van der Waals surface area contributed by atoms with Crippen molar-refractivity contribution in [1.29, 1.82) is 0 Å². The van der Waals surface area contributed by atoms with Crippen LogP contribution in [-0.4, -0.2) is 26.4 Å². The van der Waals surface area contributed by atoms with Crippen molar-refractivity contribution in [3.8, 4) is 5.75 Å². The second-order valence-electron chi connectivity index (χ2n) is 6.41. The molecule has 1 amide bonds. The second kappa shape index (κ2) is 9.80. The Kier molecular flexibility index (Phi) is 7.17. The molecule has 1 aromatic heterocycles. The Labute approximate surface area is 179 Å². The summed E-state index contributed by atoms with van der Waals surface area (Å²) in [4.78, 5) is 12.4. The Morgan fingerprint density at radius 2 is 1.97 bits per heavy atom. The summed E-state index contributed by atoms with van der Waals surface area (Å²) < 4.78 is 7.93. The highest BCUT2D eigenvalue weighted by Gasteiger charge is 2.19. The van der Waals surface area contributed by atoms with E-state index in [0.717, 1.165) is 17.1 Å². The SMILES string of the molecule is CCn1c(SCC(=O)Nc2cccc(Cl)c2C)nnc1[C@@H](C)Oc1ccccc1. The van der Waals surface area contributed by atoms with E-state index in [2.05, 4.69) is 15.5 Å². The van der Waals surface area contributed by atoms with Crippen LogP contribution in [0.15, 0.2) is 53.7 Å². The van der Waals surface area contributed by atoms with E-state index in [0.29, 0.717) is 22.4 Å². The number of hydrogen-bond acceptors (Lipinski definition) is 5. The first-order chi connectivity index (χ1) is 14.0. The molecule has 1 heterocycles. The van der Waals surface area contributed by atoms with Gasteiger partial charge >= 0.3 is 0 Å². The van der Waals surface area contributed by atoms with Gasteiger partial charge in [-0.05, 0) is 50.6 Å². The van der Waals surface area contributed by atoms with Crippen LogP contribution in [0.2, 0.25) is 5.02 Å². The van der Waals surface area contributed by atoms with E-state index in [1.165, 1.54) is 11.8 Å². The summed E-state index contributed by atoms with van der Waals surface area (Å²) in [5, 5.41) is 12.7. The van der Waals surface area contributed by atoms with Crippen LogP contribution < -0.4 is 10.1 Å². The number of thioether (sulfide) groups is 1. The van der Waals surface area contributed by atoms with Crippen LogP contribution in [0.1, 0.15) is 31.3 Å². The number of hydrogen-bond donors (Lipinski definition) is 1. The van der Waals surface area contributed by atoms with Gasteiger partial charge in [-0.1, -0.05) is 47.6 Å². The highest BCUT2D eigenvalue weighted by atomic mass is 35.5. The normalized spacial score (nSPS) is 11.9. The third kappa shape index (κ3) is 5.31. The van der Waals surface area contributed by atoms with E-state index in [1.54, 1.807) is 6.07 Å². The molecule has 0 unspecified atom stereocenters. The van der Waals surface area contributed by atoms with Crippen molar-refractivity contribution in [3.63, 3.8) is 0 Å². The predicted octanol–water partition coefficient (Wildman–Crippen LogP) is 5.13. The highest BCUT2D eigenvalue weighted by Crippen LogP contribution is 2.26. The van der Waals surface area contributed by atoms with Gasteiger partial charge in [0.15, 0.2) is 17.1 Å². The average Bonchev–Trinajstić information content (AvgIpc) is 3.14. The molecule has 3 rings (SSSR count). The third-order valence-electron chi connectivity index (χ3n) is 4.36. The molecule has 152 valence electrons. The maximum absolute atomic E-state index is 12.4. The standard InChI is InChI=1S/C21H23ClN4O2S/c1-4-26-20(15(3)28-16-9-6-5-7-10-16)24-25-21(26)29-13-19(27)23-18-12-8-11-17(22)14(18)2/h5-12,15H,4,13H2,1-3H3,(H,23,27)/t15-/m1/s1. The van der Waals surface area contributed by atoms with Crippen LogP contribution in [-0.2, 0) is 11.3 Å². The van der Waals surface area contributed by atoms with Gasteiger partial charge in [0.25, 0.3) is 0 Å². The molecule has 0 aliphatic carbocycles. The summed E-state index contributed by atoms with van der Waals surface area (Å²) in [5.74, 6) is 1.60. The Hall–Kier alpha value is -2.51. The number of rotatable bonds is 8. The van der Waals surface area contributed by atoms with Crippen LogP contribution in [0.3, 0.4) is 0 Å². The maximum Gasteiger partial charge on any atom is 0.234 e. The van der Waals surface area contributed by atoms with Crippen molar-refractivity contribution in [2.75, 3.05) is 11.1 Å². The van der Waals surface area contributed by atoms with Crippen molar-refractivity contribution in [2.45, 2.75) is 38.6 Å². The molecule has 6 nitrogen and oxygen atoms in total. The summed E-state index contributed by atoms with van der Waals surface area (Å²) in [6.07, 6.45) is -0.262. The van der Waals surface area contributed by atoms with E-state index in [4.69, 9.17) is 16.3 Å². The predicted molar refractivity (Wildman–Crippen MR) is 117 cm³/mol. The Balaban J connectivity index is 1.64. The van der Waals surface area contributed by atoms with E-state index in [-0.39, 0.29) is 17.8 Å². The number of benzene rings is 2. The van der Waals surface area contributed by atoms with Crippen LogP contribution in [0, 0.1) is 6.92 Å². The molecule has 0 bridgehead atoms. The molecular weight excluding hydrogens is 408 g/mol. The van der Waals surface area contributed by atoms with Crippen molar-refractivity contribution in [2.24, 2.45) is 0 Å². The molecular formula is C21H23ClN4O2S. The number of halogens is 1. The van der Waals surface area contributed by atoms with Crippen LogP contribution in [0.5, 0.6) is 5.75 Å². The number of nitrogens with one attached hydrogen (secondary N) is 1. The molecule has 0 fully saturated rings. The van der Waals surface area contributed by atoms with Crippen molar-refractivity contribution in [1.82, 2.24) is 14.8 Å². The van der Waals surface area contributed by atoms with Gasteiger partial charge in [-0.3, -0.25) is 4.79 Å². The van der Waals surface area contributed by atoms with Crippen molar-refractivity contribution < 1.29 is 9.53 Å². The van der Waals surface area contributed by atoms with Gasteiger partial charge in [0, 0.05) is 17.3 Å². The van der Waals surface area contributed by atoms with Crippen LogP contribution in [0.4, 0.5) is 5.69 Å². The molecule has 0 spiro atoms. The maximum atomic E-state index is 12.4. The zero-order chi connectivity index (χ0) is 20.8. The average molecular weight is 431 g/mol. The monoisotopic (exact) mass is 430 g/mol. The van der Waals surface area contributed by atoms with Crippen molar-refractivity contribution in [3.05, 3.63) is 64.9 Å². The fourth-order valence-corrected chi connectivity index (χ4v) is 3.80. The molecule has 0 saturated carbocycles. The lowest BCUT2D eigenvalue weighted by molar-refractivity contribution is -0.113. The van der Waals surface area contributed by atoms with Crippen LogP contribution >= 0.6 is 23.4 Å². The van der Waals surface area contributed by atoms with Crippen LogP contribution in [0.25, 0.3) is 0 Å². The summed E-state index contributed by atoms with van der Waals surface area (Å²) in [6.45, 7) is 6.51. The van der Waals surface area contributed by atoms with Crippen molar-refractivity contribution >= 4 is 35.0 Å². The highest BCUT2D eigenvalue weighted by molar-refractivity contribution is 7.99. The van der Waals surface area contributed by atoms with Gasteiger partial charge in [-0.25, -0.2) is 0 Å². The van der Waals surface area contributed by atoms with Gasteiger partial charge in [-0.15, -0.1) is 10.2 Å². The molecule has 3 aromatic rings. The zero-order valence-electron chi connectivity index (χ0n) is 16.6. The summed E-state index contributed by atoms with van der Waals surface area (Å²) in [5.41, 5.74) is 1.56. The molecule has 0 aliphatic rings. The van der Waals surface area contributed by atoms with E-state index in [1.807, 2.05) is 67.8 Å². The summed E-state index contributed by atoms with van der Waals surface area (Å²) in [7, 11) is 0. The molecule has 0 saturated heterocycles. The molecule has 1 N–H and O–H groups in total. The number of nitrogens with zero attached hydrogens (tertiary/aromatic N) is 3. The Morgan fingerprint density at radius 3 is 2.69 bits per heavy atom. The Bertz CT molecular complexity index is 978. The minimum absolute atomic E-state index is 0.124. The lowest BCUT2D eigenvalue weighted by Crippen LogP contribution is -2.16. The van der Waals surface area contributed by atoms with Gasteiger partial charge in [0.2, 0.25) is 5.91 Å². The first-order valence-electron chi connectivity index (χ1n) is 9.32. The molecule has 29 heavy (non-hydrogen) atoms. The minimum atomic E-state index is -0.262. The number of aromatic nitrogens is 3. The van der Waals surface area contributed by atoms with E-state index in [9.17, 15) is 4.79 Å². The lowest BCUT2D eigenvalue weighted by atomic mass is 10.2. The largest absolute Gasteiger partial charge is 0.483 e. The quantitative estimate of drug-likeness (QED) is 0.501. The van der Waals surface area contributed by atoms with E-state index < -0.39 is 0 Å². The second-order valence-corrected chi connectivity index (χ2v) is 7.76. The van der Waals surface area contributed by atoms with Gasteiger partial charge in [0.1, 0.15) is 5.75 Å². The van der Waals surface area contributed by atoms with Gasteiger partial charge < -0.3 is 14.6 Å². The Morgan fingerprint density at radius 1 is 1.21 bits per heavy atom. The topological polar surface area (TPSA) is 69.0 Å². The number of carbonyl (C=O) groups is 1. The van der Waals surface area contributed by atoms with E-state index >= 15 is 0 Å². The number of amides is 1. The third-order valence-corrected chi connectivity index (χ3v) is 5.73. The van der Waals surface area contributed by atoms with Gasteiger partial charge in [-0.2, -0.15) is 0 Å². The smallest absolute Gasteiger partial charge is 0.234 e. The van der Waals surface area contributed by atoms with Gasteiger partial charge in [0.05, 0.1) is 5.75 Å². The number of para-hydroxylation sites is 1. The number of carbonyl (C=O) groups excluding carboxylic acids is 1. The summed E-state index contributed by atoms with van der Waals surface area (Å²) >= 11 is 7.45. The first-order valence-corrected chi connectivity index (χ1v) is 10.7. The molecule has 1 atom stereocenters. The summed E-state index contributed by atoms with van der Waals surface area (Å²) in [6, 6.07) is 15.0. The number of anilines is 1. The first kappa shape index (κ1) is 21.2. The fourth-order valence-electron chi connectivity index (χ4n) is 2.82. The molecule has 2 aromatic carbocycles. The molecule has 0 radical (unpaired) electrons. The fraction of sp³-hybridized carbons (Fsp3) is 0.286.